The smallest absolute Gasteiger partial charge is 0.251 e. The molecule has 0 unspecified atom stereocenters. The topological polar surface area (TPSA) is 42.0 Å². The number of rotatable bonds is 4. The van der Waals surface area contributed by atoms with Crippen LogP contribution in [0.2, 0.25) is 0 Å². The molecule has 0 fully saturated rings. The van der Waals surface area contributed by atoms with Gasteiger partial charge in [0.25, 0.3) is 5.91 Å². The van der Waals surface area contributed by atoms with Gasteiger partial charge in [-0.15, -0.1) is 0 Å². The number of carbonyl (C=O) groups is 1. The lowest BCUT2D eigenvalue weighted by Gasteiger charge is -2.26. The molecule has 1 aromatic carbocycles. The molecule has 152 valence electrons. The lowest BCUT2D eigenvalue weighted by molar-refractivity contribution is 0.0950. The SMILES string of the molecule is CC(C)(C)c1cc(C(=O)NCc2ccnc(-c3ccsc3)c2)cc(C(C)(C)C)c1. The molecule has 1 N–H and O–H groups in total. The number of amides is 1. The molecule has 3 aromatic rings. The Hall–Kier alpha value is -2.46. The quantitative estimate of drug-likeness (QED) is 0.550. The van der Waals surface area contributed by atoms with Crippen molar-refractivity contribution in [2.45, 2.75) is 58.9 Å². The van der Waals surface area contributed by atoms with Gasteiger partial charge in [0.2, 0.25) is 0 Å². The fourth-order valence-electron chi connectivity index (χ4n) is 3.06. The third-order valence-corrected chi connectivity index (χ3v) is 5.70. The lowest BCUT2D eigenvalue weighted by atomic mass is 9.79. The molecule has 4 heteroatoms. The zero-order chi connectivity index (χ0) is 21.2. The van der Waals surface area contributed by atoms with E-state index in [0.717, 1.165) is 22.4 Å². The molecule has 0 saturated heterocycles. The largest absolute Gasteiger partial charge is 0.348 e. The molecule has 2 heterocycles. The van der Waals surface area contributed by atoms with Crippen molar-refractivity contribution >= 4 is 17.2 Å². The summed E-state index contributed by atoms with van der Waals surface area (Å²) in [6.45, 7) is 13.6. The van der Waals surface area contributed by atoms with Crippen molar-refractivity contribution < 1.29 is 4.79 Å². The van der Waals surface area contributed by atoms with Crippen molar-refractivity contribution in [3.05, 3.63) is 75.6 Å². The minimum absolute atomic E-state index is 0.0170. The number of nitrogens with zero attached hydrogens (tertiary/aromatic N) is 1. The summed E-state index contributed by atoms with van der Waals surface area (Å²) in [5.41, 5.74) is 6.12. The molecule has 3 nitrogen and oxygen atoms in total. The molecule has 0 atom stereocenters. The number of thiophene rings is 1. The Kier molecular flexibility index (Phi) is 5.95. The summed E-state index contributed by atoms with van der Waals surface area (Å²) in [7, 11) is 0. The van der Waals surface area contributed by atoms with Crippen LogP contribution in [0.5, 0.6) is 0 Å². The monoisotopic (exact) mass is 406 g/mol. The number of aromatic nitrogens is 1. The Balaban J connectivity index is 1.81. The van der Waals surface area contributed by atoms with Gasteiger partial charge in [0.15, 0.2) is 0 Å². The van der Waals surface area contributed by atoms with Crippen LogP contribution in [0.15, 0.2) is 53.4 Å². The Morgan fingerprint density at radius 3 is 2.17 bits per heavy atom. The van der Waals surface area contributed by atoms with Gasteiger partial charge < -0.3 is 5.32 Å². The van der Waals surface area contributed by atoms with E-state index in [1.165, 1.54) is 11.1 Å². The van der Waals surface area contributed by atoms with Gasteiger partial charge in [-0.1, -0.05) is 47.6 Å². The van der Waals surface area contributed by atoms with Crippen molar-refractivity contribution in [3.63, 3.8) is 0 Å². The van der Waals surface area contributed by atoms with Gasteiger partial charge in [-0.05, 0) is 63.2 Å². The first-order valence-electron chi connectivity index (χ1n) is 9.96. The van der Waals surface area contributed by atoms with Gasteiger partial charge in [-0.2, -0.15) is 11.3 Å². The first kappa shape index (κ1) is 21.3. The summed E-state index contributed by atoms with van der Waals surface area (Å²) in [5.74, 6) is -0.0458. The maximum absolute atomic E-state index is 13.0. The van der Waals surface area contributed by atoms with Crippen molar-refractivity contribution in [2.24, 2.45) is 0 Å². The molecular formula is C25H30N2OS. The van der Waals surface area contributed by atoms with Gasteiger partial charge in [0, 0.05) is 29.2 Å². The van der Waals surface area contributed by atoms with Crippen LogP contribution in [-0.2, 0) is 17.4 Å². The molecule has 1 amide bonds. The average Bonchev–Trinajstić information content (AvgIpc) is 3.19. The van der Waals surface area contributed by atoms with E-state index in [2.05, 4.69) is 69.4 Å². The van der Waals surface area contributed by atoms with Gasteiger partial charge >= 0.3 is 0 Å². The molecule has 0 aliphatic heterocycles. The first-order valence-corrected chi connectivity index (χ1v) is 10.9. The number of carbonyl (C=O) groups excluding carboxylic acids is 1. The summed E-state index contributed by atoms with van der Waals surface area (Å²) in [5, 5.41) is 7.20. The minimum Gasteiger partial charge on any atom is -0.348 e. The predicted octanol–water partition coefficient (Wildman–Crippen LogP) is 6.34. The van der Waals surface area contributed by atoms with Crippen LogP contribution in [0.25, 0.3) is 11.3 Å². The Bertz CT molecular complexity index is 960. The number of benzene rings is 1. The Morgan fingerprint density at radius 2 is 1.62 bits per heavy atom. The first-order chi connectivity index (χ1) is 13.5. The fraction of sp³-hybridized carbons (Fsp3) is 0.360. The predicted molar refractivity (Wildman–Crippen MR) is 123 cm³/mol. The second-order valence-corrected chi connectivity index (χ2v) is 10.3. The summed E-state index contributed by atoms with van der Waals surface area (Å²) >= 11 is 1.65. The molecule has 0 saturated carbocycles. The van der Waals surface area contributed by atoms with E-state index in [0.29, 0.717) is 6.54 Å². The molecular weight excluding hydrogens is 376 g/mol. The maximum atomic E-state index is 13.0. The van der Waals surface area contributed by atoms with Crippen LogP contribution in [0, 0.1) is 0 Å². The summed E-state index contributed by atoms with van der Waals surface area (Å²) in [4.78, 5) is 17.4. The number of pyridine rings is 1. The second-order valence-electron chi connectivity index (χ2n) is 9.54. The normalized spacial score (nSPS) is 12.1. The van der Waals surface area contributed by atoms with Crippen LogP contribution in [-0.4, -0.2) is 10.9 Å². The average molecular weight is 407 g/mol. The summed E-state index contributed by atoms with van der Waals surface area (Å²) in [6.07, 6.45) is 1.80. The highest BCUT2D eigenvalue weighted by Gasteiger charge is 2.22. The zero-order valence-corrected chi connectivity index (χ0v) is 19.0. The number of nitrogens with one attached hydrogen (secondary N) is 1. The number of hydrogen-bond acceptors (Lipinski definition) is 3. The minimum atomic E-state index is -0.0458. The molecule has 0 aliphatic carbocycles. The molecule has 2 aromatic heterocycles. The van der Waals surface area contributed by atoms with E-state index in [-0.39, 0.29) is 16.7 Å². The van der Waals surface area contributed by atoms with E-state index in [9.17, 15) is 4.79 Å². The van der Waals surface area contributed by atoms with Gasteiger partial charge in [-0.25, -0.2) is 0 Å². The highest BCUT2D eigenvalue weighted by Crippen LogP contribution is 2.30. The third kappa shape index (κ3) is 5.33. The van der Waals surface area contributed by atoms with Crippen LogP contribution >= 0.6 is 11.3 Å². The highest BCUT2D eigenvalue weighted by molar-refractivity contribution is 7.08. The van der Waals surface area contributed by atoms with E-state index in [1.54, 1.807) is 17.5 Å². The Morgan fingerprint density at radius 1 is 0.966 bits per heavy atom. The Labute approximate surface area is 178 Å². The molecule has 29 heavy (non-hydrogen) atoms. The third-order valence-electron chi connectivity index (χ3n) is 5.02. The van der Waals surface area contributed by atoms with E-state index in [1.807, 2.05) is 29.6 Å². The summed E-state index contributed by atoms with van der Waals surface area (Å²) < 4.78 is 0. The molecule has 0 radical (unpaired) electrons. The van der Waals surface area contributed by atoms with E-state index < -0.39 is 0 Å². The van der Waals surface area contributed by atoms with Crippen molar-refractivity contribution in [1.82, 2.24) is 10.3 Å². The van der Waals surface area contributed by atoms with Gasteiger partial charge in [0.05, 0.1) is 5.69 Å². The highest BCUT2D eigenvalue weighted by atomic mass is 32.1. The molecule has 0 aliphatic rings. The second kappa shape index (κ2) is 8.11. The number of hydrogen-bond donors (Lipinski definition) is 1. The molecule has 3 rings (SSSR count). The van der Waals surface area contributed by atoms with Crippen molar-refractivity contribution in [2.75, 3.05) is 0 Å². The van der Waals surface area contributed by atoms with Crippen LogP contribution < -0.4 is 5.32 Å². The summed E-state index contributed by atoms with van der Waals surface area (Å²) in [6, 6.07) is 12.3. The van der Waals surface area contributed by atoms with Crippen LogP contribution in [0.4, 0.5) is 0 Å². The zero-order valence-electron chi connectivity index (χ0n) is 18.2. The standard InChI is InChI=1S/C25H30N2OS/c1-24(2,3)20-12-19(13-21(14-20)25(4,5)6)23(28)27-15-17-7-9-26-22(11-17)18-8-10-29-16-18/h7-14,16H,15H2,1-6H3,(H,27,28). The molecule has 0 spiro atoms. The van der Waals surface area contributed by atoms with Gasteiger partial charge in [-0.3, -0.25) is 9.78 Å². The van der Waals surface area contributed by atoms with Crippen LogP contribution in [0.1, 0.15) is 68.6 Å². The van der Waals surface area contributed by atoms with E-state index >= 15 is 0 Å². The maximum Gasteiger partial charge on any atom is 0.251 e. The van der Waals surface area contributed by atoms with Crippen molar-refractivity contribution in [3.8, 4) is 11.3 Å². The van der Waals surface area contributed by atoms with Crippen LogP contribution in [0.3, 0.4) is 0 Å². The van der Waals surface area contributed by atoms with Gasteiger partial charge in [0.1, 0.15) is 0 Å². The van der Waals surface area contributed by atoms with Crippen molar-refractivity contribution in [1.29, 1.82) is 0 Å². The fourth-order valence-corrected chi connectivity index (χ4v) is 3.71. The van der Waals surface area contributed by atoms with E-state index in [4.69, 9.17) is 0 Å². The molecule has 0 bridgehead atoms. The lowest BCUT2D eigenvalue weighted by Crippen LogP contribution is -2.25.